The van der Waals surface area contributed by atoms with E-state index in [-0.39, 0.29) is 0 Å². The van der Waals surface area contributed by atoms with Crippen molar-refractivity contribution in [1.29, 1.82) is 5.26 Å². The van der Waals surface area contributed by atoms with Crippen molar-refractivity contribution in [3.63, 3.8) is 0 Å². The van der Waals surface area contributed by atoms with E-state index in [1.54, 1.807) is 12.1 Å². The van der Waals surface area contributed by atoms with Crippen LogP contribution < -0.4 is 4.74 Å². The first-order chi connectivity index (χ1) is 6.27. The maximum absolute atomic E-state index is 8.75. The summed E-state index contributed by atoms with van der Waals surface area (Å²) in [5, 5.41) is 8.75. The molecule has 0 amide bonds. The molecule has 0 saturated carbocycles. The molecule has 0 bridgehead atoms. The van der Waals surface area contributed by atoms with E-state index < -0.39 is 0 Å². The SMILES string of the molecule is C=CCOc1cc(C)ccc1C#N. The second-order valence-electron chi connectivity index (χ2n) is 2.71. The van der Waals surface area contributed by atoms with Crippen LogP contribution in [0.5, 0.6) is 5.75 Å². The minimum Gasteiger partial charge on any atom is -0.488 e. The number of hydrogen-bond acceptors (Lipinski definition) is 2. The van der Waals surface area contributed by atoms with Crippen LogP contribution in [0.15, 0.2) is 30.9 Å². The number of rotatable bonds is 3. The van der Waals surface area contributed by atoms with Gasteiger partial charge >= 0.3 is 0 Å². The van der Waals surface area contributed by atoms with Crippen LogP contribution in [-0.2, 0) is 0 Å². The highest BCUT2D eigenvalue weighted by atomic mass is 16.5. The Morgan fingerprint density at radius 1 is 1.62 bits per heavy atom. The van der Waals surface area contributed by atoms with Gasteiger partial charge in [0.25, 0.3) is 0 Å². The fourth-order valence-corrected chi connectivity index (χ4v) is 0.990. The van der Waals surface area contributed by atoms with Crippen LogP contribution in [0.1, 0.15) is 11.1 Å². The standard InChI is InChI=1S/C11H11NO/c1-3-6-13-11-7-9(2)4-5-10(11)8-12/h3-5,7H,1,6H2,2H3. The van der Waals surface area contributed by atoms with Crippen LogP contribution in [0.2, 0.25) is 0 Å². The Labute approximate surface area is 78.1 Å². The molecule has 0 aromatic heterocycles. The van der Waals surface area contributed by atoms with Gasteiger partial charge in [-0.2, -0.15) is 5.26 Å². The third-order valence-corrected chi connectivity index (χ3v) is 1.61. The van der Waals surface area contributed by atoms with E-state index in [0.29, 0.717) is 17.9 Å². The molecule has 0 saturated heterocycles. The zero-order valence-electron chi connectivity index (χ0n) is 7.58. The van der Waals surface area contributed by atoms with Gasteiger partial charge in [-0.05, 0) is 24.6 Å². The van der Waals surface area contributed by atoms with E-state index in [1.807, 2.05) is 19.1 Å². The van der Waals surface area contributed by atoms with E-state index in [9.17, 15) is 0 Å². The summed E-state index contributed by atoms with van der Waals surface area (Å²) in [6.45, 7) is 5.93. The molecular formula is C11H11NO. The molecular weight excluding hydrogens is 162 g/mol. The first-order valence-electron chi connectivity index (χ1n) is 4.02. The Morgan fingerprint density at radius 2 is 2.38 bits per heavy atom. The molecule has 2 heteroatoms. The first-order valence-corrected chi connectivity index (χ1v) is 4.02. The van der Waals surface area contributed by atoms with Gasteiger partial charge in [0.2, 0.25) is 0 Å². The molecule has 0 fully saturated rings. The fraction of sp³-hybridized carbons (Fsp3) is 0.182. The van der Waals surface area contributed by atoms with Gasteiger partial charge in [-0.15, -0.1) is 0 Å². The van der Waals surface area contributed by atoms with Crippen molar-refractivity contribution >= 4 is 0 Å². The molecule has 0 radical (unpaired) electrons. The molecule has 1 aromatic carbocycles. The van der Waals surface area contributed by atoms with Gasteiger partial charge in [0.15, 0.2) is 0 Å². The topological polar surface area (TPSA) is 33.0 Å². The van der Waals surface area contributed by atoms with Crippen LogP contribution >= 0.6 is 0 Å². The van der Waals surface area contributed by atoms with E-state index >= 15 is 0 Å². The van der Waals surface area contributed by atoms with Gasteiger partial charge in [-0.3, -0.25) is 0 Å². The van der Waals surface area contributed by atoms with Gasteiger partial charge in [-0.25, -0.2) is 0 Å². The molecule has 1 aromatic rings. The Hall–Kier alpha value is -1.75. The summed E-state index contributed by atoms with van der Waals surface area (Å²) in [5.41, 5.74) is 1.64. The number of aryl methyl sites for hydroxylation is 1. The summed E-state index contributed by atoms with van der Waals surface area (Å²) in [7, 11) is 0. The third kappa shape index (κ3) is 2.34. The fourth-order valence-electron chi connectivity index (χ4n) is 0.990. The van der Waals surface area contributed by atoms with Crippen LogP contribution in [0.4, 0.5) is 0 Å². The normalized spacial score (nSPS) is 8.92. The summed E-state index contributed by atoms with van der Waals surface area (Å²) in [5.74, 6) is 0.627. The predicted molar refractivity (Wildman–Crippen MR) is 51.6 cm³/mol. The molecule has 2 nitrogen and oxygen atoms in total. The van der Waals surface area contributed by atoms with Crippen molar-refractivity contribution in [1.82, 2.24) is 0 Å². The Balaban J connectivity index is 2.95. The zero-order valence-corrected chi connectivity index (χ0v) is 7.58. The lowest BCUT2D eigenvalue weighted by Gasteiger charge is -2.05. The molecule has 0 aliphatic rings. The molecule has 0 spiro atoms. The van der Waals surface area contributed by atoms with Crippen molar-refractivity contribution in [2.45, 2.75) is 6.92 Å². The lowest BCUT2D eigenvalue weighted by atomic mass is 10.1. The molecule has 0 atom stereocenters. The zero-order chi connectivity index (χ0) is 9.68. The lowest BCUT2D eigenvalue weighted by Crippen LogP contribution is -1.95. The Morgan fingerprint density at radius 3 is 3.00 bits per heavy atom. The second-order valence-corrected chi connectivity index (χ2v) is 2.71. The first kappa shape index (κ1) is 9.34. The monoisotopic (exact) mass is 173 g/mol. The van der Waals surface area contributed by atoms with Crippen molar-refractivity contribution in [2.75, 3.05) is 6.61 Å². The summed E-state index contributed by atoms with van der Waals surface area (Å²) in [6, 6.07) is 7.57. The average Bonchev–Trinajstić information content (AvgIpc) is 2.15. The van der Waals surface area contributed by atoms with Gasteiger partial charge in [-0.1, -0.05) is 18.7 Å². The van der Waals surface area contributed by atoms with E-state index in [1.165, 1.54) is 0 Å². The van der Waals surface area contributed by atoms with E-state index in [0.717, 1.165) is 5.56 Å². The smallest absolute Gasteiger partial charge is 0.137 e. The number of ether oxygens (including phenoxy) is 1. The van der Waals surface area contributed by atoms with Crippen LogP contribution in [0.25, 0.3) is 0 Å². The minimum atomic E-state index is 0.429. The molecule has 0 aliphatic heterocycles. The molecule has 1 rings (SSSR count). The third-order valence-electron chi connectivity index (χ3n) is 1.61. The molecule has 0 aliphatic carbocycles. The summed E-state index contributed by atoms with van der Waals surface area (Å²) in [4.78, 5) is 0. The van der Waals surface area contributed by atoms with E-state index in [2.05, 4.69) is 12.6 Å². The van der Waals surface area contributed by atoms with E-state index in [4.69, 9.17) is 10.00 Å². The lowest BCUT2D eigenvalue weighted by molar-refractivity contribution is 0.362. The number of nitrogens with zero attached hydrogens (tertiary/aromatic N) is 1. The summed E-state index contributed by atoms with van der Waals surface area (Å²) >= 11 is 0. The van der Waals surface area contributed by atoms with Crippen LogP contribution in [0.3, 0.4) is 0 Å². The maximum atomic E-state index is 8.75. The van der Waals surface area contributed by atoms with Gasteiger partial charge in [0.1, 0.15) is 18.4 Å². The molecule has 0 heterocycles. The highest BCUT2D eigenvalue weighted by Gasteiger charge is 2.01. The van der Waals surface area contributed by atoms with Crippen molar-refractivity contribution < 1.29 is 4.74 Å². The van der Waals surface area contributed by atoms with Gasteiger partial charge < -0.3 is 4.74 Å². The Bertz CT molecular complexity index is 350. The van der Waals surface area contributed by atoms with Crippen LogP contribution in [0, 0.1) is 18.3 Å². The minimum absolute atomic E-state index is 0.429. The summed E-state index contributed by atoms with van der Waals surface area (Å²) < 4.78 is 5.32. The maximum Gasteiger partial charge on any atom is 0.137 e. The highest BCUT2D eigenvalue weighted by molar-refractivity contribution is 5.45. The average molecular weight is 173 g/mol. The summed E-state index contributed by atoms with van der Waals surface area (Å²) in [6.07, 6.45) is 1.66. The van der Waals surface area contributed by atoms with Crippen LogP contribution in [-0.4, -0.2) is 6.61 Å². The van der Waals surface area contributed by atoms with Gasteiger partial charge in [0.05, 0.1) is 5.56 Å². The second kappa shape index (κ2) is 4.32. The van der Waals surface area contributed by atoms with Crippen molar-refractivity contribution in [3.8, 4) is 11.8 Å². The molecule has 13 heavy (non-hydrogen) atoms. The van der Waals surface area contributed by atoms with Gasteiger partial charge in [0, 0.05) is 0 Å². The number of benzene rings is 1. The quantitative estimate of drug-likeness (QED) is 0.657. The highest BCUT2D eigenvalue weighted by Crippen LogP contribution is 2.18. The largest absolute Gasteiger partial charge is 0.488 e. The number of nitriles is 1. The Kier molecular flexibility index (Phi) is 3.10. The number of hydrogen-bond donors (Lipinski definition) is 0. The molecule has 0 unspecified atom stereocenters. The van der Waals surface area contributed by atoms with Crippen molar-refractivity contribution in [3.05, 3.63) is 42.0 Å². The van der Waals surface area contributed by atoms with Crippen molar-refractivity contribution in [2.24, 2.45) is 0 Å². The molecule has 0 N–H and O–H groups in total. The predicted octanol–water partition coefficient (Wildman–Crippen LogP) is 2.43. The molecule has 66 valence electrons.